The van der Waals surface area contributed by atoms with Crippen LogP contribution in [-0.4, -0.2) is 9.67 Å². The average Bonchev–Trinajstić information content (AvgIpc) is 2.56. The first-order valence-corrected chi connectivity index (χ1v) is 7.14. The summed E-state index contributed by atoms with van der Waals surface area (Å²) in [7, 11) is 1.50. The standard InChI is InChI=1S/C19H15F2NO2/c1-3-4-5-6-11-19(24,15-8-7-12-22(2)18(15)23)16-13-14(20)9-10-17(16)21/h7-10,12-13,24H,11H2,1-2H3. The first kappa shape index (κ1) is 17.5. The highest BCUT2D eigenvalue weighted by atomic mass is 19.1. The Bertz CT molecular complexity index is 942. The van der Waals surface area contributed by atoms with Gasteiger partial charge in [0, 0.05) is 25.2 Å². The van der Waals surface area contributed by atoms with Gasteiger partial charge in [-0.05, 0) is 49.1 Å². The molecule has 1 atom stereocenters. The van der Waals surface area contributed by atoms with Crippen LogP contribution in [0.15, 0.2) is 41.3 Å². The number of aromatic nitrogens is 1. The van der Waals surface area contributed by atoms with Gasteiger partial charge in [0.2, 0.25) is 0 Å². The molecule has 0 aliphatic rings. The molecule has 1 heterocycles. The number of halogens is 2. The third kappa shape index (κ3) is 3.37. The average molecular weight is 327 g/mol. The fourth-order valence-electron chi connectivity index (χ4n) is 2.34. The zero-order valence-corrected chi connectivity index (χ0v) is 13.2. The molecule has 24 heavy (non-hydrogen) atoms. The topological polar surface area (TPSA) is 42.2 Å². The first-order chi connectivity index (χ1) is 11.4. The lowest BCUT2D eigenvalue weighted by molar-refractivity contribution is 0.0800. The molecule has 0 aliphatic heterocycles. The smallest absolute Gasteiger partial charge is 0.256 e. The molecule has 2 rings (SSSR count). The van der Waals surface area contributed by atoms with E-state index in [9.17, 15) is 18.7 Å². The molecular formula is C19H15F2NO2. The molecule has 0 spiro atoms. The van der Waals surface area contributed by atoms with Gasteiger partial charge in [-0.15, -0.1) is 0 Å². The Hall–Kier alpha value is -2.89. The zero-order valence-electron chi connectivity index (χ0n) is 13.2. The highest BCUT2D eigenvalue weighted by Gasteiger charge is 2.36. The van der Waals surface area contributed by atoms with Crippen LogP contribution in [0.4, 0.5) is 8.78 Å². The molecule has 2 aromatic rings. The maximum absolute atomic E-state index is 14.2. The van der Waals surface area contributed by atoms with E-state index in [1.165, 1.54) is 29.9 Å². The summed E-state index contributed by atoms with van der Waals surface area (Å²) in [4.78, 5) is 12.4. The molecular weight excluding hydrogens is 312 g/mol. The summed E-state index contributed by atoms with van der Waals surface area (Å²) in [6, 6.07) is 5.63. The SMILES string of the molecule is CC#CC#CCC(O)(c1cc(F)ccc1F)c1cccn(C)c1=O. The minimum absolute atomic E-state index is 0.0873. The van der Waals surface area contributed by atoms with Crippen LogP contribution in [0.25, 0.3) is 0 Å². The van der Waals surface area contributed by atoms with E-state index in [1.807, 2.05) is 0 Å². The summed E-state index contributed by atoms with van der Waals surface area (Å²) in [5, 5.41) is 11.1. The van der Waals surface area contributed by atoms with E-state index in [1.54, 1.807) is 6.92 Å². The highest BCUT2D eigenvalue weighted by molar-refractivity contribution is 5.39. The van der Waals surface area contributed by atoms with Gasteiger partial charge in [-0.2, -0.15) is 0 Å². The van der Waals surface area contributed by atoms with E-state index in [0.717, 1.165) is 18.2 Å². The van der Waals surface area contributed by atoms with E-state index in [0.29, 0.717) is 0 Å². The van der Waals surface area contributed by atoms with Gasteiger partial charge in [-0.1, -0.05) is 11.8 Å². The Labute approximate surface area is 138 Å². The van der Waals surface area contributed by atoms with Crippen LogP contribution in [0.3, 0.4) is 0 Å². The molecule has 1 aromatic heterocycles. The molecule has 3 nitrogen and oxygen atoms in total. The zero-order chi connectivity index (χ0) is 17.7. The van der Waals surface area contributed by atoms with Gasteiger partial charge in [0.15, 0.2) is 0 Å². The fourth-order valence-corrected chi connectivity index (χ4v) is 2.34. The van der Waals surface area contributed by atoms with Crippen molar-refractivity contribution < 1.29 is 13.9 Å². The molecule has 0 fully saturated rings. The van der Waals surface area contributed by atoms with Crippen LogP contribution in [0.1, 0.15) is 24.5 Å². The van der Waals surface area contributed by atoms with Crippen LogP contribution in [-0.2, 0) is 12.6 Å². The maximum Gasteiger partial charge on any atom is 0.256 e. The van der Waals surface area contributed by atoms with Crippen molar-refractivity contribution in [2.45, 2.75) is 18.9 Å². The van der Waals surface area contributed by atoms with Gasteiger partial charge in [-0.25, -0.2) is 8.78 Å². The van der Waals surface area contributed by atoms with Crippen LogP contribution in [0.5, 0.6) is 0 Å². The number of rotatable bonds is 3. The quantitative estimate of drug-likeness (QED) is 0.879. The minimum Gasteiger partial charge on any atom is -0.379 e. The van der Waals surface area contributed by atoms with Crippen molar-refractivity contribution in [1.29, 1.82) is 0 Å². The van der Waals surface area contributed by atoms with Crippen molar-refractivity contribution in [1.82, 2.24) is 4.57 Å². The molecule has 1 N–H and O–H groups in total. The predicted molar refractivity (Wildman–Crippen MR) is 86.9 cm³/mol. The second-order valence-electron chi connectivity index (χ2n) is 5.18. The number of benzene rings is 1. The summed E-state index contributed by atoms with van der Waals surface area (Å²) in [6.45, 7) is 1.60. The van der Waals surface area contributed by atoms with E-state index < -0.39 is 22.8 Å². The molecule has 0 amide bonds. The maximum atomic E-state index is 14.2. The molecule has 0 saturated heterocycles. The van der Waals surface area contributed by atoms with Gasteiger partial charge in [0.05, 0.1) is 5.56 Å². The summed E-state index contributed by atoms with van der Waals surface area (Å²) in [6.07, 6.45) is 1.20. The molecule has 0 radical (unpaired) electrons. The monoisotopic (exact) mass is 327 g/mol. The number of aliphatic hydroxyl groups is 1. The van der Waals surface area contributed by atoms with Gasteiger partial charge >= 0.3 is 0 Å². The summed E-state index contributed by atoms with van der Waals surface area (Å²) < 4.78 is 29.1. The lowest BCUT2D eigenvalue weighted by atomic mass is 9.84. The van der Waals surface area contributed by atoms with Crippen molar-refractivity contribution in [2.75, 3.05) is 0 Å². The second kappa shape index (κ2) is 7.12. The molecule has 0 saturated carbocycles. The Morgan fingerprint density at radius 3 is 2.67 bits per heavy atom. The third-order valence-electron chi connectivity index (χ3n) is 3.56. The van der Waals surface area contributed by atoms with Gasteiger partial charge in [0.25, 0.3) is 5.56 Å². The van der Waals surface area contributed by atoms with Gasteiger partial charge in [0.1, 0.15) is 17.2 Å². The molecule has 0 aliphatic carbocycles. The van der Waals surface area contributed by atoms with Crippen LogP contribution < -0.4 is 5.56 Å². The number of hydrogen-bond acceptors (Lipinski definition) is 2. The van der Waals surface area contributed by atoms with E-state index in [2.05, 4.69) is 23.7 Å². The largest absolute Gasteiger partial charge is 0.379 e. The Morgan fingerprint density at radius 1 is 1.21 bits per heavy atom. The number of nitrogens with zero attached hydrogens (tertiary/aromatic N) is 1. The molecule has 1 aromatic carbocycles. The Kier molecular flexibility index (Phi) is 5.18. The van der Waals surface area contributed by atoms with Gasteiger partial charge in [-0.3, -0.25) is 4.79 Å². The predicted octanol–water partition coefficient (Wildman–Crippen LogP) is 2.32. The second-order valence-corrected chi connectivity index (χ2v) is 5.18. The van der Waals surface area contributed by atoms with Crippen molar-refractivity contribution in [3.63, 3.8) is 0 Å². The third-order valence-corrected chi connectivity index (χ3v) is 3.56. The number of aryl methyl sites for hydroxylation is 1. The van der Waals surface area contributed by atoms with Crippen molar-refractivity contribution >= 4 is 0 Å². The summed E-state index contributed by atoms with van der Waals surface area (Å²) >= 11 is 0. The van der Waals surface area contributed by atoms with Crippen molar-refractivity contribution in [3.8, 4) is 23.7 Å². The highest BCUT2D eigenvalue weighted by Crippen LogP contribution is 2.33. The molecule has 0 bridgehead atoms. The van der Waals surface area contributed by atoms with Crippen LogP contribution >= 0.6 is 0 Å². The lowest BCUT2D eigenvalue weighted by Gasteiger charge is -2.27. The normalized spacial score (nSPS) is 12.4. The fraction of sp³-hybridized carbons (Fsp3) is 0.211. The molecule has 5 heteroatoms. The van der Waals surface area contributed by atoms with Crippen molar-refractivity contribution in [2.24, 2.45) is 7.05 Å². The summed E-state index contributed by atoms with van der Waals surface area (Å²) in [5.41, 5.74) is -3.04. The number of hydrogen-bond donors (Lipinski definition) is 1. The molecule has 1 unspecified atom stereocenters. The van der Waals surface area contributed by atoms with Crippen LogP contribution in [0.2, 0.25) is 0 Å². The minimum atomic E-state index is -2.09. The van der Waals surface area contributed by atoms with Crippen LogP contribution in [0, 0.1) is 35.3 Å². The van der Waals surface area contributed by atoms with Gasteiger partial charge < -0.3 is 9.67 Å². The summed E-state index contributed by atoms with van der Waals surface area (Å²) in [5.74, 6) is 8.63. The number of pyridine rings is 1. The molecule has 122 valence electrons. The lowest BCUT2D eigenvalue weighted by Crippen LogP contribution is -2.36. The Balaban J connectivity index is 2.72. The van der Waals surface area contributed by atoms with E-state index >= 15 is 0 Å². The first-order valence-electron chi connectivity index (χ1n) is 7.14. The van der Waals surface area contributed by atoms with Crippen molar-refractivity contribution in [3.05, 3.63) is 69.6 Å². The van der Waals surface area contributed by atoms with E-state index in [-0.39, 0.29) is 17.5 Å². The van der Waals surface area contributed by atoms with E-state index in [4.69, 9.17) is 0 Å². The Morgan fingerprint density at radius 2 is 1.96 bits per heavy atom.